The Morgan fingerprint density at radius 2 is 1.88 bits per heavy atom. The van der Waals surface area contributed by atoms with Gasteiger partial charge in [0.1, 0.15) is 5.75 Å². The highest BCUT2D eigenvalue weighted by molar-refractivity contribution is 6.01. The third-order valence-electron chi connectivity index (χ3n) is 8.89. The number of carbonyl (C=O) groups excluding carboxylic acids is 1. The van der Waals surface area contributed by atoms with Crippen LogP contribution in [0.2, 0.25) is 0 Å². The second-order valence-electron chi connectivity index (χ2n) is 11.7. The number of allylic oxidation sites excluding steroid dienone is 1. The van der Waals surface area contributed by atoms with E-state index in [-0.39, 0.29) is 18.1 Å². The summed E-state index contributed by atoms with van der Waals surface area (Å²) in [5.74, 6) is 2.33. The summed E-state index contributed by atoms with van der Waals surface area (Å²) >= 11 is 0. The summed E-state index contributed by atoms with van der Waals surface area (Å²) in [5.41, 5.74) is 5.50. The first-order valence-corrected chi connectivity index (χ1v) is 14.6. The smallest absolute Gasteiger partial charge is 0.251 e. The van der Waals surface area contributed by atoms with Crippen LogP contribution in [-0.4, -0.2) is 27.2 Å². The number of carbonyl (C=O) groups is 1. The van der Waals surface area contributed by atoms with E-state index < -0.39 is 0 Å². The van der Waals surface area contributed by atoms with Crippen LogP contribution in [0.5, 0.6) is 5.75 Å². The molecule has 2 aromatic carbocycles. The van der Waals surface area contributed by atoms with Crippen molar-refractivity contribution in [3.63, 3.8) is 0 Å². The lowest BCUT2D eigenvalue weighted by Crippen LogP contribution is -2.33. The molecule has 40 heavy (non-hydrogen) atoms. The van der Waals surface area contributed by atoms with Crippen molar-refractivity contribution in [3.05, 3.63) is 90.3 Å². The fourth-order valence-electron chi connectivity index (χ4n) is 6.74. The minimum absolute atomic E-state index is 0.0841. The number of amides is 1. The molecule has 0 spiro atoms. The number of hydrogen-bond donors (Lipinski definition) is 2. The molecule has 2 heterocycles. The van der Waals surface area contributed by atoms with Crippen molar-refractivity contribution in [2.24, 2.45) is 17.8 Å². The third-order valence-corrected chi connectivity index (χ3v) is 8.89. The lowest BCUT2D eigenvalue weighted by Gasteiger charge is -2.24. The standard InChI is InChI=1S/C34H38N4O2/c1-21(2)28-20-27(18-22(28)3)40-26-14-11-24(12-15-26)32-29-19-25(13-16-30(29)37-38-32)34(39)36-33(23-8-4-5-9-23)31-10-6-7-17-35-31/h6-7,10-17,19,22-23,27-28,33H,1,4-5,8-9,18,20H2,2-3H3,(H,36,39)(H,37,38). The average molecular weight is 535 g/mol. The van der Waals surface area contributed by atoms with Crippen LogP contribution in [0, 0.1) is 17.8 Å². The number of aromatic amines is 1. The molecule has 2 aliphatic carbocycles. The van der Waals surface area contributed by atoms with Gasteiger partial charge in [-0.05, 0) is 105 Å². The number of ether oxygens (including phenoxy) is 1. The fourth-order valence-corrected chi connectivity index (χ4v) is 6.74. The second kappa shape index (κ2) is 11.3. The van der Waals surface area contributed by atoms with E-state index in [1.165, 1.54) is 18.4 Å². The van der Waals surface area contributed by atoms with E-state index in [4.69, 9.17) is 4.74 Å². The third kappa shape index (κ3) is 5.40. The van der Waals surface area contributed by atoms with Crippen molar-refractivity contribution in [2.45, 2.75) is 64.5 Å². The van der Waals surface area contributed by atoms with Crippen LogP contribution in [0.3, 0.4) is 0 Å². The molecule has 2 fully saturated rings. The first-order chi connectivity index (χ1) is 19.5. The number of rotatable bonds is 8. The minimum Gasteiger partial charge on any atom is -0.490 e. The van der Waals surface area contributed by atoms with Crippen molar-refractivity contribution in [2.75, 3.05) is 0 Å². The van der Waals surface area contributed by atoms with E-state index in [1.807, 2.05) is 60.7 Å². The van der Waals surface area contributed by atoms with Gasteiger partial charge < -0.3 is 10.1 Å². The summed E-state index contributed by atoms with van der Waals surface area (Å²) in [6.45, 7) is 8.57. The Bertz CT molecular complexity index is 1490. The molecule has 206 valence electrons. The van der Waals surface area contributed by atoms with Gasteiger partial charge in [-0.3, -0.25) is 14.9 Å². The number of fused-ring (bicyclic) bond motifs is 1. The predicted molar refractivity (Wildman–Crippen MR) is 159 cm³/mol. The minimum atomic E-state index is -0.0863. The number of hydrogen-bond acceptors (Lipinski definition) is 4. The van der Waals surface area contributed by atoms with Crippen LogP contribution < -0.4 is 10.1 Å². The summed E-state index contributed by atoms with van der Waals surface area (Å²) in [6, 6.07) is 19.7. The van der Waals surface area contributed by atoms with Gasteiger partial charge in [-0.1, -0.05) is 38.0 Å². The Kier molecular flexibility index (Phi) is 7.42. The molecule has 6 rings (SSSR count). The lowest BCUT2D eigenvalue weighted by molar-refractivity contribution is 0.0920. The van der Waals surface area contributed by atoms with E-state index >= 15 is 0 Å². The highest BCUT2D eigenvalue weighted by Crippen LogP contribution is 2.39. The highest BCUT2D eigenvalue weighted by atomic mass is 16.5. The molecule has 0 bridgehead atoms. The SMILES string of the molecule is C=C(C)C1CC(Oc2ccc(-c3n[nH]c4ccc(C(=O)NC(c5ccccn5)C5CCCC5)cc34)cc2)CC1C. The van der Waals surface area contributed by atoms with E-state index in [1.54, 1.807) is 6.20 Å². The van der Waals surface area contributed by atoms with Crippen LogP contribution in [0.1, 0.15) is 74.5 Å². The summed E-state index contributed by atoms with van der Waals surface area (Å²) in [6.07, 6.45) is 8.72. The van der Waals surface area contributed by atoms with Crippen LogP contribution in [0.4, 0.5) is 0 Å². The van der Waals surface area contributed by atoms with Gasteiger partial charge in [-0.15, -0.1) is 0 Å². The number of pyridine rings is 1. The zero-order valence-corrected chi connectivity index (χ0v) is 23.4. The molecule has 2 saturated carbocycles. The zero-order valence-electron chi connectivity index (χ0n) is 23.4. The number of nitrogens with zero attached hydrogens (tertiary/aromatic N) is 2. The molecule has 2 aliphatic rings. The number of H-pyrrole nitrogens is 1. The number of nitrogens with one attached hydrogen (secondary N) is 2. The van der Waals surface area contributed by atoms with Crippen molar-refractivity contribution < 1.29 is 9.53 Å². The van der Waals surface area contributed by atoms with Crippen molar-refractivity contribution in [1.29, 1.82) is 0 Å². The maximum Gasteiger partial charge on any atom is 0.251 e. The van der Waals surface area contributed by atoms with Crippen LogP contribution in [-0.2, 0) is 0 Å². The number of aromatic nitrogens is 3. The van der Waals surface area contributed by atoms with Gasteiger partial charge >= 0.3 is 0 Å². The average Bonchev–Trinajstić information content (AvgIpc) is 3.72. The van der Waals surface area contributed by atoms with E-state index in [2.05, 4.69) is 40.9 Å². The van der Waals surface area contributed by atoms with E-state index in [0.29, 0.717) is 23.3 Å². The van der Waals surface area contributed by atoms with Gasteiger partial charge in [-0.25, -0.2) is 0 Å². The maximum absolute atomic E-state index is 13.5. The molecule has 0 radical (unpaired) electrons. The molecule has 2 N–H and O–H groups in total. The monoisotopic (exact) mass is 534 g/mol. The molecular formula is C34H38N4O2. The molecule has 4 aromatic rings. The Morgan fingerprint density at radius 3 is 2.58 bits per heavy atom. The lowest BCUT2D eigenvalue weighted by atomic mass is 9.92. The molecule has 0 aliphatic heterocycles. The van der Waals surface area contributed by atoms with Crippen LogP contribution in [0.25, 0.3) is 22.2 Å². The van der Waals surface area contributed by atoms with Crippen molar-refractivity contribution in [1.82, 2.24) is 20.5 Å². The van der Waals surface area contributed by atoms with E-state index in [9.17, 15) is 4.79 Å². The number of benzene rings is 2. The molecule has 4 atom stereocenters. The highest BCUT2D eigenvalue weighted by Gasteiger charge is 2.33. The van der Waals surface area contributed by atoms with Gasteiger partial charge in [0.25, 0.3) is 5.91 Å². The topological polar surface area (TPSA) is 79.9 Å². The van der Waals surface area contributed by atoms with Crippen LogP contribution in [0.15, 0.2) is 79.0 Å². The van der Waals surface area contributed by atoms with Gasteiger partial charge in [0.05, 0.1) is 29.1 Å². The first-order valence-electron chi connectivity index (χ1n) is 14.6. The van der Waals surface area contributed by atoms with Crippen molar-refractivity contribution >= 4 is 16.8 Å². The molecule has 0 saturated heterocycles. The summed E-state index contributed by atoms with van der Waals surface area (Å²) in [7, 11) is 0. The zero-order chi connectivity index (χ0) is 27.6. The van der Waals surface area contributed by atoms with Gasteiger partial charge in [0, 0.05) is 22.7 Å². The molecule has 1 amide bonds. The fraction of sp³-hybridized carbons (Fsp3) is 0.382. The Labute approximate surface area is 236 Å². The second-order valence-corrected chi connectivity index (χ2v) is 11.7. The Morgan fingerprint density at radius 1 is 1.07 bits per heavy atom. The maximum atomic E-state index is 13.5. The van der Waals surface area contributed by atoms with Gasteiger partial charge in [0.15, 0.2) is 0 Å². The molecule has 6 nitrogen and oxygen atoms in total. The molecule has 6 heteroatoms. The Balaban J connectivity index is 1.20. The Hall–Kier alpha value is -3.93. The predicted octanol–water partition coefficient (Wildman–Crippen LogP) is 7.66. The van der Waals surface area contributed by atoms with Crippen molar-refractivity contribution in [3.8, 4) is 17.0 Å². The van der Waals surface area contributed by atoms with E-state index in [0.717, 1.165) is 59.3 Å². The quantitative estimate of drug-likeness (QED) is 0.228. The van der Waals surface area contributed by atoms with Gasteiger partial charge in [-0.2, -0.15) is 5.10 Å². The molecule has 4 unspecified atom stereocenters. The van der Waals surface area contributed by atoms with Crippen LogP contribution >= 0.6 is 0 Å². The summed E-state index contributed by atoms with van der Waals surface area (Å²) < 4.78 is 6.32. The largest absolute Gasteiger partial charge is 0.490 e. The van der Waals surface area contributed by atoms with Gasteiger partial charge in [0.2, 0.25) is 0 Å². The first kappa shape index (κ1) is 26.3. The normalized spacial score (nSPS) is 21.9. The molecule has 2 aromatic heterocycles. The summed E-state index contributed by atoms with van der Waals surface area (Å²) in [5, 5.41) is 11.9. The molecular weight excluding hydrogens is 496 g/mol. The summed E-state index contributed by atoms with van der Waals surface area (Å²) in [4.78, 5) is 18.1.